The second kappa shape index (κ2) is 2.71. The van der Waals surface area contributed by atoms with Crippen LogP contribution in [0.25, 0.3) is 0 Å². The molecule has 2 N–H and O–H groups in total. The summed E-state index contributed by atoms with van der Waals surface area (Å²) in [6.45, 7) is 0. The minimum atomic E-state index is -5.25. The summed E-state index contributed by atoms with van der Waals surface area (Å²) < 4.78 is 31.9. The van der Waals surface area contributed by atoms with E-state index in [-0.39, 0.29) is 17.4 Å². The summed E-state index contributed by atoms with van der Waals surface area (Å²) in [5.41, 5.74) is 0. The molecular weight excluding hydrogens is 168 g/mol. The van der Waals surface area contributed by atoms with Crippen molar-refractivity contribution in [2.75, 3.05) is 0 Å². The van der Waals surface area contributed by atoms with E-state index in [1.165, 1.54) is 0 Å². The van der Waals surface area contributed by atoms with Crippen LogP contribution in [-0.2, 0) is 38.6 Å². The molecule has 6 heteroatoms. The van der Waals surface area contributed by atoms with Gasteiger partial charge >= 0.3 is 29.5 Å². The number of rotatable bonds is 0. The molecule has 0 rings (SSSR count). The monoisotopic (exact) mass is 170 g/mol. The molecule has 0 atom stereocenters. The Morgan fingerprint density at radius 3 is 1.17 bits per heavy atom. The van der Waals surface area contributed by atoms with E-state index in [4.69, 9.17) is 15.9 Å². The molecule has 38 valence electrons. The van der Waals surface area contributed by atoms with Crippen LogP contribution in [0.15, 0.2) is 0 Å². The fourth-order valence-electron chi connectivity index (χ4n) is 0. The molecule has 0 fully saturated rings. The van der Waals surface area contributed by atoms with Crippen LogP contribution in [0.5, 0.6) is 0 Å². The van der Waals surface area contributed by atoms with Crippen molar-refractivity contribution in [3.63, 3.8) is 0 Å². The van der Waals surface area contributed by atoms with Gasteiger partial charge in [0.1, 0.15) is 0 Å². The fraction of sp³-hybridized carbons (Fsp3) is 0. The molecule has 0 saturated heterocycles. The predicted molar refractivity (Wildman–Crippen MR) is 5.81 cm³/mol. The summed E-state index contributed by atoms with van der Waals surface area (Å²) in [6, 6.07) is 0. The van der Waals surface area contributed by atoms with Crippen LogP contribution >= 0.6 is 0 Å². The first-order valence-electron chi connectivity index (χ1n) is 0.698. The Bertz CT molecular complexity index is 88.7. The van der Waals surface area contributed by atoms with Gasteiger partial charge in [-0.15, -0.1) is 0 Å². The summed E-state index contributed by atoms with van der Waals surface area (Å²) in [7, 11) is 0. The second-order valence-corrected chi connectivity index (χ2v) is 1.85. The molecule has 0 heterocycles. The zero-order valence-electron chi connectivity index (χ0n) is 2.53. The predicted octanol–water partition coefficient (Wildman–Crippen LogP) is -1.36. The Labute approximate surface area is 47.3 Å². The van der Waals surface area contributed by atoms with Crippen molar-refractivity contribution < 1.29 is 46.9 Å². The van der Waals surface area contributed by atoms with E-state index in [0.717, 1.165) is 0 Å². The van der Waals surface area contributed by atoms with Gasteiger partial charge in [0.2, 0.25) is 0 Å². The molecule has 4 nitrogen and oxygen atoms in total. The third-order valence-electron chi connectivity index (χ3n) is 0. The zero-order chi connectivity index (χ0) is 4.50. The molecule has 0 aliphatic carbocycles. The Kier molecular flexibility index (Phi) is 4.41. The molecule has 0 unspecified atom stereocenters. The molecule has 0 aliphatic rings. The van der Waals surface area contributed by atoms with E-state index >= 15 is 0 Å². The standard InChI is InChI=1S/2Cr.2H2O.2O/h;;2*1H2;;/q;+2;;;;/p-2. The summed E-state index contributed by atoms with van der Waals surface area (Å²) in [5, 5.41) is 0. The molecular formula is H2Cr2O4. The van der Waals surface area contributed by atoms with Gasteiger partial charge in [-0.3, -0.25) is 0 Å². The SMILES string of the molecule is [Cr].[O]=[Cr](=[O])([OH])[OH]. The Morgan fingerprint density at radius 1 is 1.17 bits per heavy atom. The van der Waals surface area contributed by atoms with Crippen molar-refractivity contribution >= 4 is 0 Å². The van der Waals surface area contributed by atoms with Gasteiger partial charge < -0.3 is 0 Å². The third kappa shape index (κ3) is 172. The van der Waals surface area contributed by atoms with Gasteiger partial charge in [-0.05, 0) is 0 Å². The van der Waals surface area contributed by atoms with E-state index in [1.54, 1.807) is 0 Å². The molecule has 0 radical (unpaired) electrons. The average molecular weight is 170 g/mol. The Hall–Kier alpha value is 0.585. The van der Waals surface area contributed by atoms with Crippen LogP contribution in [0.3, 0.4) is 0 Å². The minimum absolute atomic E-state index is 0. The van der Waals surface area contributed by atoms with E-state index in [9.17, 15) is 0 Å². The fourth-order valence-corrected chi connectivity index (χ4v) is 0. The van der Waals surface area contributed by atoms with Gasteiger partial charge in [-0.2, -0.15) is 0 Å². The van der Waals surface area contributed by atoms with Crippen LogP contribution < -0.4 is 0 Å². The van der Waals surface area contributed by atoms with Gasteiger partial charge in [0, 0.05) is 17.4 Å². The van der Waals surface area contributed by atoms with Gasteiger partial charge in [-0.1, -0.05) is 0 Å². The molecule has 0 saturated carbocycles. The van der Waals surface area contributed by atoms with Gasteiger partial charge in [0.05, 0.1) is 0 Å². The van der Waals surface area contributed by atoms with Crippen molar-refractivity contribution in [1.29, 1.82) is 0 Å². The van der Waals surface area contributed by atoms with E-state index < -0.39 is 13.6 Å². The van der Waals surface area contributed by atoms with Crippen molar-refractivity contribution in [3.8, 4) is 0 Å². The normalized spacial score (nSPS) is 9.67. The summed E-state index contributed by atoms with van der Waals surface area (Å²) in [5.74, 6) is 0. The first kappa shape index (κ1) is 9.77. The number of hydrogen-bond donors (Lipinski definition) is 2. The first-order valence-corrected chi connectivity index (χ1v) is 2.88. The molecule has 0 spiro atoms. The van der Waals surface area contributed by atoms with E-state index in [2.05, 4.69) is 0 Å². The molecule has 0 aromatic heterocycles. The van der Waals surface area contributed by atoms with Crippen LogP contribution in [0.2, 0.25) is 0 Å². The van der Waals surface area contributed by atoms with Crippen LogP contribution in [0, 0.1) is 0 Å². The molecule has 0 bridgehead atoms. The quantitative estimate of drug-likeness (QED) is 0.471. The maximum absolute atomic E-state index is 8.82. The molecule has 0 aromatic rings. The maximum atomic E-state index is 8.82. The molecule has 0 aromatic carbocycles. The van der Waals surface area contributed by atoms with Crippen molar-refractivity contribution in [2.45, 2.75) is 0 Å². The average Bonchev–Trinajstić information content (AvgIpc) is 0.722. The van der Waals surface area contributed by atoms with Crippen molar-refractivity contribution in [2.24, 2.45) is 0 Å². The summed E-state index contributed by atoms with van der Waals surface area (Å²) >= 11 is -5.25. The Balaban J connectivity index is 0. The molecule has 0 amide bonds. The first-order chi connectivity index (χ1) is 2.00. The van der Waals surface area contributed by atoms with Crippen molar-refractivity contribution in [3.05, 3.63) is 0 Å². The summed E-state index contributed by atoms with van der Waals surface area (Å²) in [6.07, 6.45) is 0. The second-order valence-electron chi connectivity index (χ2n) is 0.448. The van der Waals surface area contributed by atoms with E-state index in [0.29, 0.717) is 0 Å². The Morgan fingerprint density at radius 2 is 1.17 bits per heavy atom. The van der Waals surface area contributed by atoms with Crippen LogP contribution in [-0.4, -0.2) is 8.32 Å². The third-order valence-corrected chi connectivity index (χ3v) is 0. The molecule has 6 heavy (non-hydrogen) atoms. The van der Waals surface area contributed by atoms with E-state index in [1.807, 2.05) is 0 Å². The van der Waals surface area contributed by atoms with Crippen LogP contribution in [0.1, 0.15) is 0 Å². The van der Waals surface area contributed by atoms with Gasteiger partial charge in [0.25, 0.3) is 0 Å². The zero-order valence-corrected chi connectivity index (χ0v) is 5.08. The van der Waals surface area contributed by atoms with Crippen LogP contribution in [0.4, 0.5) is 0 Å². The summed E-state index contributed by atoms with van der Waals surface area (Å²) in [4.78, 5) is 0. The van der Waals surface area contributed by atoms with Gasteiger partial charge in [0.15, 0.2) is 0 Å². The number of hydrogen-bond acceptors (Lipinski definition) is 2. The topological polar surface area (TPSA) is 74.6 Å². The van der Waals surface area contributed by atoms with Crippen molar-refractivity contribution in [1.82, 2.24) is 0 Å². The van der Waals surface area contributed by atoms with Gasteiger partial charge in [-0.25, -0.2) is 0 Å². The molecule has 0 aliphatic heterocycles.